The molecule has 4 atom stereocenters. The van der Waals surface area contributed by atoms with Crippen LogP contribution in [0.2, 0.25) is 0 Å². The molecule has 4 unspecified atom stereocenters. The molecule has 0 bridgehead atoms. The Balaban J connectivity index is 1.69. The first kappa shape index (κ1) is 31.6. The smallest absolute Gasteiger partial charge is 0.130 e. The van der Waals surface area contributed by atoms with Gasteiger partial charge in [0.15, 0.2) is 0 Å². The van der Waals surface area contributed by atoms with Gasteiger partial charge in [0.2, 0.25) is 0 Å². The van der Waals surface area contributed by atoms with E-state index in [4.69, 9.17) is 0 Å². The predicted molar refractivity (Wildman–Crippen MR) is 176 cm³/mol. The number of hydrogen-bond acceptors (Lipinski definition) is 5. The number of aliphatic hydroxyl groups is 1. The second-order valence-electron chi connectivity index (χ2n) is 12.6. The van der Waals surface area contributed by atoms with Gasteiger partial charge in [-0.3, -0.25) is 4.90 Å². The van der Waals surface area contributed by atoms with Crippen molar-refractivity contribution in [2.45, 2.75) is 60.2 Å². The molecule has 0 aromatic heterocycles. The molecule has 1 aromatic carbocycles. The maximum absolute atomic E-state index is 11.7. The van der Waals surface area contributed by atoms with Crippen LogP contribution in [0.4, 0.5) is 0 Å². The molecule has 38 heavy (non-hydrogen) atoms. The first-order valence-corrected chi connectivity index (χ1v) is 15.6. The zero-order chi connectivity index (χ0) is 28.1. The topological polar surface area (TPSA) is 64.9 Å². The summed E-state index contributed by atoms with van der Waals surface area (Å²) in [5.74, 6) is 0.131. The number of benzene rings is 1. The Morgan fingerprint density at radius 2 is 1.71 bits per heavy atom. The minimum atomic E-state index is -0.489. The van der Waals surface area contributed by atoms with Gasteiger partial charge in [0, 0.05) is 51.7 Å². The Hall–Kier alpha value is -0.880. The van der Waals surface area contributed by atoms with E-state index in [9.17, 15) is 10.0 Å². The van der Waals surface area contributed by atoms with Crippen molar-refractivity contribution in [3.05, 3.63) is 83.4 Å². The number of aliphatic hydroxyl groups excluding tert-OH is 1. The number of halogens is 2. The van der Waals surface area contributed by atoms with E-state index in [1.54, 1.807) is 0 Å². The SMILES string of the molecule is CC(C)(C)C1=CC(C(C)(C)C)C(O)C(CNCCN(Cc2ccccc2)CC2C=C(I)C=C(I)C2N=O)=C1. The normalized spacial score (nSPS) is 24.5. The van der Waals surface area contributed by atoms with E-state index in [0.29, 0.717) is 6.54 Å². The van der Waals surface area contributed by atoms with E-state index in [-0.39, 0.29) is 28.7 Å². The lowest BCUT2D eigenvalue weighted by Gasteiger charge is -2.39. The third-order valence-electron chi connectivity index (χ3n) is 7.39. The average molecular weight is 744 g/mol. The molecular formula is C31H43I2N3O2. The van der Waals surface area contributed by atoms with Crippen LogP contribution in [0.25, 0.3) is 0 Å². The Kier molecular flexibility index (Phi) is 11.4. The Morgan fingerprint density at radius 1 is 1.03 bits per heavy atom. The van der Waals surface area contributed by atoms with Gasteiger partial charge < -0.3 is 10.4 Å². The van der Waals surface area contributed by atoms with Crippen molar-refractivity contribution < 1.29 is 5.11 Å². The molecule has 0 saturated carbocycles. The largest absolute Gasteiger partial charge is 0.388 e. The van der Waals surface area contributed by atoms with Crippen molar-refractivity contribution in [1.82, 2.24) is 10.2 Å². The molecule has 2 aliphatic carbocycles. The molecule has 7 heteroatoms. The van der Waals surface area contributed by atoms with Crippen LogP contribution in [-0.2, 0) is 6.54 Å². The van der Waals surface area contributed by atoms with Crippen LogP contribution < -0.4 is 5.32 Å². The van der Waals surface area contributed by atoms with E-state index in [1.165, 1.54) is 11.1 Å². The van der Waals surface area contributed by atoms with Crippen molar-refractivity contribution in [2.75, 3.05) is 26.2 Å². The number of nitrogens with zero attached hydrogens (tertiary/aromatic N) is 2. The second-order valence-corrected chi connectivity index (χ2v) is 15.1. The lowest BCUT2D eigenvalue weighted by molar-refractivity contribution is 0.0934. The Bertz CT molecular complexity index is 1080. The van der Waals surface area contributed by atoms with Crippen LogP contribution in [-0.4, -0.2) is 48.3 Å². The fourth-order valence-corrected chi connectivity index (χ4v) is 7.39. The first-order chi connectivity index (χ1) is 17.8. The zero-order valence-electron chi connectivity index (χ0n) is 23.5. The molecular weight excluding hydrogens is 700 g/mol. The number of hydrogen-bond donors (Lipinski definition) is 2. The summed E-state index contributed by atoms with van der Waals surface area (Å²) in [4.78, 5) is 14.1. The summed E-state index contributed by atoms with van der Waals surface area (Å²) in [7, 11) is 0. The van der Waals surface area contributed by atoms with Crippen LogP contribution in [0, 0.1) is 27.6 Å². The third kappa shape index (κ3) is 8.81. The zero-order valence-corrected chi connectivity index (χ0v) is 27.9. The van der Waals surface area contributed by atoms with E-state index in [0.717, 1.165) is 38.9 Å². The van der Waals surface area contributed by atoms with Crippen molar-refractivity contribution >= 4 is 45.2 Å². The van der Waals surface area contributed by atoms with Crippen LogP contribution in [0.5, 0.6) is 0 Å². The molecule has 3 rings (SSSR count). The lowest BCUT2D eigenvalue weighted by atomic mass is 9.69. The molecule has 0 heterocycles. The standard InChI is InChI=1S/C31H43I2N3O2/c1-30(2,3)24-14-22(29(37)26(16-24)31(4,5)6)18-34-12-13-36(19-21-10-8-7-9-11-21)20-23-15-25(32)17-27(33)28(23)35-38/h7-11,14-17,23,26,28-29,34,37H,12-13,18-20H2,1-6H3. The minimum Gasteiger partial charge on any atom is -0.388 e. The molecule has 2 N–H and O–H groups in total. The second kappa shape index (κ2) is 13.7. The summed E-state index contributed by atoms with van der Waals surface area (Å²) in [6.45, 7) is 17.1. The van der Waals surface area contributed by atoms with Crippen molar-refractivity contribution in [3.8, 4) is 0 Å². The molecule has 0 amide bonds. The number of rotatable bonds is 10. The number of nitrogens with one attached hydrogen (secondary N) is 1. The van der Waals surface area contributed by atoms with Gasteiger partial charge in [0.25, 0.3) is 0 Å². The minimum absolute atomic E-state index is 0.0257. The summed E-state index contributed by atoms with van der Waals surface area (Å²) in [5, 5.41) is 18.3. The van der Waals surface area contributed by atoms with E-state index in [2.05, 4.69) is 145 Å². The summed E-state index contributed by atoms with van der Waals surface area (Å²) in [6, 6.07) is 10.1. The maximum Gasteiger partial charge on any atom is 0.130 e. The fourth-order valence-electron chi connectivity index (χ4n) is 5.09. The van der Waals surface area contributed by atoms with Crippen molar-refractivity contribution in [2.24, 2.45) is 27.8 Å². The average Bonchev–Trinajstić information content (AvgIpc) is 2.81. The summed E-state index contributed by atoms with van der Waals surface area (Å²) in [5.41, 5.74) is 3.60. The number of allylic oxidation sites excluding steroid dienone is 4. The Labute approximate surface area is 256 Å². The van der Waals surface area contributed by atoms with Gasteiger partial charge in [-0.15, -0.1) is 0 Å². The van der Waals surface area contributed by atoms with Gasteiger partial charge >= 0.3 is 0 Å². The number of nitroso groups, excluding NO2 is 1. The highest BCUT2D eigenvalue weighted by Gasteiger charge is 2.36. The van der Waals surface area contributed by atoms with Gasteiger partial charge in [-0.2, -0.15) is 4.91 Å². The van der Waals surface area contributed by atoms with Crippen molar-refractivity contribution in [1.29, 1.82) is 0 Å². The highest BCUT2D eigenvalue weighted by atomic mass is 127. The van der Waals surface area contributed by atoms with Gasteiger partial charge in [0.1, 0.15) is 6.04 Å². The third-order valence-corrected chi connectivity index (χ3v) is 9.01. The van der Waals surface area contributed by atoms with E-state index < -0.39 is 6.10 Å². The van der Waals surface area contributed by atoms with E-state index >= 15 is 0 Å². The van der Waals surface area contributed by atoms with Crippen LogP contribution >= 0.6 is 45.2 Å². The molecule has 0 radical (unpaired) electrons. The van der Waals surface area contributed by atoms with Crippen LogP contribution in [0.1, 0.15) is 47.1 Å². The molecule has 0 fully saturated rings. The van der Waals surface area contributed by atoms with Crippen molar-refractivity contribution in [3.63, 3.8) is 0 Å². The van der Waals surface area contributed by atoms with Gasteiger partial charge in [-0.25, -0.2) is 0 Å². The molecule has 0 spiro atoms. The predicted octanol–water partition coefficient (Wildman–Crippen LogP) is 7.42. The molecule has 208 valence electrons. The summed E-state index contributed by atoms with van der Waals surface area (Å²) in [6.07, 6.45) is 8.21. The van der Waals surface area contributed by atoms with Gasteiger partial charge in [-0.1, -0.05) is 95.3 Å². The van der Waals surface area contributed by atoms with E-state index in [1.807, 2.05) is 12.1 Å². The highest BCUT2D eigenvalue weighted by Crippen LogP contribution is 2.41. The van der Waals surface area contributed by atoms with Gasteiger partial charge in [-0.05, 0) is 78.8 Å². The maximum atomic E-state index is 11.7. The lowest BCUT2D eigenvalue weighted by Crippen LogP contribution is -2.41. The first-order valence-electron chi connectivity index (χ1n) is 13.4. The van der Waals surface area contributed by atoms with Crippen LogP contribution in [0.3, 0.4) is 0 Å². The fraction of sp³-hybridized carbons (Fsp3) is 0.548. The quantitative estimate of drug-likeness (QED) is 0.149. The molecule has 1 aromatic rings. The summed E-state index contributed by atoms with van der Waals surface area (Å²) >= 11 is 4.58. The highest BCUT2D eigenvalue weighted by molar-refractivity contribution is 14.1. The van der Waals surface area contributed by atoms with Crippen LogP contribution in [0.15, 0.2) is 78.1 Å². The summed E-state index contributed by atoms with van der Waals surface area (Å²) < 4.78 is 2.16. The van der Waals surface area contributed by atoms with Gasteiger partial charge in [0.05, 0.1) is 6.10 Å². The molecule has 5 nitrogen and oxygen atoms in total. The monoisotopic (exact) mass is 743 g/mol. The molecule has 0 aliphatic heterocycles. The molecule has 0 saturated heterocycles. The molecule has 2 aliphatic rings. The Morgan fingerprint density at radius 3 is 2.32 bits per heavy atom.